The number of rotatable bonds is 75. The predicted octanol–water partition coefficient (Wildman–Crippen LogP) is 22.3. The van der Waals surface area contributed by atoms with Crippen LogP contribution >= 0.6 is 15.6 Å². The SMILES string of the molecule is CCCCCCCCCCCCCCCCC(=O)OC[C@H](COP(=O)(O)OC[C@@H](O)COP(=O)(O)OC[C@@H](COC(=O)CCCCCCCCC)OC(=O)CCCCCCCCCCCCC(C)C)OC(=O)CCCCCCCCCCCCCCCCCCCCC(C)C. The molecular formula is C76H148O17P2. The summed E-state index contributed by atoms with van der Waals surface area (Å²) in [6, 6.07) is 0. The molecule has 0 aliphatic carbocycles. The summed E-state index contributed by atoms with van der Waals surface area (Å²) < 4.78 is 68.4. The zero-order chi connectivity index (χ0) is 70.0. The summed E-state index contributed by atoms with van der Waals surface area (Å²) in [6.45, 7) is 9.58. The van der Waals surface area contributed by atoms with E-state index in [1.54, 1.807) is 0 Å². The van der Waals surface area contributed by atoms with Gasteiger partial charge in [-0.3, -0.25) is 37.3 Å². The summed E-state index contributed by atoms with van der Waals surface area (Å²) in [7, 11) is -9.90. The maximum Gasteiger partial charge on any atom is 0.472 e. The van der Waals surface area contributed by atoms with E-state index < -0.39 is 97.5 Å². The molecule has 0 radical (unpaired) electrons. The second kappa shape index (κ2) is 67.9. The Hall–Kier alpha value is -1.94. The third kappa shape index (κ3) is 70.3. The molecule has 0 heterocycles. The van der Waals surface area contributed by atoms with E-state index in [9.17, 15) is 43.2 Å². The van der Waals surface area contributed by atoms with Crippen molar-refractivity contribution in [1.29, 1.82) is 0 Å². The van der Waals surface area contributed by atoms with Gasteiger partial charge in [0.2, 0.25) is 0 Å². The molecule has 0 amide bonds. The van der Waals surface area contributed by atoms with Gasteiger partial charge in [0.05, 0.1) is 26.4 Å². The Morgan fingerprint density at radius 1 is 0.284 bits per heavy atom. The Labute approximate surface area is 581 Å². The molecule has 95 heavy (non-hydrogen) atoms. The van der Waals surface area contributed by atoms with Gasteiger partial charge in [-0.1, -0.05) is 343 Å². The average molecular weight is 1400 g/mol. The maximum absolute atomic E-state index is 13.1. The number of phosphoric ester groups is 2. The van der Waals surface area contributed by atoms with E-state index in [4.69, 9.17) is 37.0 Å². The number of phosphoric acid groups is 2. The van der Waals surface area contributed by atoms with Gasteiger partial charge in [0.25, 0.3) is 0 Å². The molecule has 0 fully saturated rings. The molecule has 3 N–H and O–H groups in total. The van der Waals surface area contributed by atoms with Crippen LogP contribution in [0.25, 0.3) is 0 Å². The summed E-state index contributed by atoms with van der Waals surface area (Å²) >= 11 is 0. The third-order valence-electron chi connectivity index (χ3n) is 17.7. The Kier molecular flexibility index (Phi) is 66.5. The second-order valence-corrected chi connectivity index (χ2v) is 31.3. The lowest BCUT2D eigenvalue weighted by Gasteiger charge is -2.21. The van der Waals surface area contributed by atoms with Gasteiger partial charge < -0.3 is 33.8 Å². The predicted molar refractivity (Wildman–Crippen MR) is 386 cm³/mol. The number of carbonyl (C=O) groups is 4. The largest absolute Gasteiger partial charge is 0.472 e. The minimum Gasteiger partial charge on any atom is -0.462 e. The van der Waals surface area contributed by atoms with E-state index in [2.05, 4.69) is 41.5 Å². The zero-order valence-corrected chi connectivity index (χ0v) is 63.8. The van der Waals surface area contributed by atoms with Crippen molar-refractivity contribution in [3.63, 3.8) is 0 Å². The van der Waals surface area contributed by atoms with Crippen LogP contribution in [0, 0.1) is 11.8 Å². The molecule has 0 saturated heterocycles. The van der Waals surface area contributed by atoms with Crippen LogP contribution in [0.2, 0.25) is 0 Å². The fraction of sp³-hybridized carbons (Fsp3) is 0.947. The number of hydrogen-bond donors (Lipinski definition) is 3. The molecule has 19 heteroatoms. The second-order valence-electron chi connectivity index (χ2n) is 28.3. The first kappa shape index (κ1) is 93.1. The number of esters is 4. The number of aliphatic hydroxyl groups is 1. The van der Waals surface area contributed by atoms with Gasteiger partial charge >= 0.3 is 39.5 Å². The van der Waals surface area contributed by atoms with Crippen LogP contribution in [0.3, 0.4) is 0 Å². The van der Waals surface area contributed by atoms with Gasteiger partial charge in [0.15, 0.2) is 12.2 Å². The fourth-order valence-corrected chi connectivity index (χ4v) is 13.2. The molecule has 0 aromatic rings. The van der Waals surface area contributed by atoms with E-state index in [0.29, 0.717) is 25.7 Å². The maximum atomic E-state index is 13.1. The van der Waals surface area contributed by atoms with Crippen molar-refractivity contribution < 1.29 is 80.2 Å². The molecule has 0 rings (SSSR count). The van der Waals surface area contributed by atoms with Crippen LogP contribution in [0.1, 0.15) is 395 Å². The molecule has 5 atom stereocenters. The number of unbranched alkanes of at least 4 members (excludes halogenated alkanes) is 45. The Bertz CT molecular complexity index is 1840. The highest BCUT2D eigenvalue weighted by atomic mass is 31.2. The Morgan fingerprint density at radius 3 is 0.716 bits per heavy atom. The standard InChI is InChI=1S/C76H148O17P2/c1-7-9-11-13-15-16-17-18-26-29-35-41-47-53-59-74(79)87-65-72(93-75(80)60-54-48-42-36-30-27-24-22-20-19-21-23-25-28-33-39-44-50-56-68(3)4)67-91-95(84,85)89-63-70(77)62-88-94(82,83)90-66-71(64-86-73(78)58-52-46-38-14-12-10-8-2)92-76(81)61-55-49-43-37-32-31-34-40-45-51-57-69(5)6/h68-72,77H,7-67H2,1-6H3,(H,82,83)(H,84,85)/t70-,71+,72+/m0/s1. The molecular weight excluding hydrogens is 1250 g/mol. The molecule has 0 aliphatic heterocycles. The average Bonchev–Trinajstić information content (AvgIpc) is 1.56. The van der Waals surface area contributed by atoms with E-state index >= 15 is 0 Å². The van der Waals surface area contributed by atoms with E-state index in [1.807, 2.05) is 0 Å². The van der Waals surface area contributed by atoms with Gasteiger partial charge in [-0.2, -0.15) is 0 Å². The lowest BCUT2D eigenvalue weighted by molar-refractivity contribution is -0.161. The summed E-state index contributed by atoms with van der Waals surface area (Å²) in [5.74, 6) is -0.547. The highest BCUT2D eigenvalue weighted by Gasteiger charge is 2.30. The summed E-state index contributed by atoms with van der Waals surface area (Å²) in [4.78, 5) is 72.6. The number of ether oxygens (including phenoxy) is 4. The van der Waals surface area contributed by atoms with Crippen LogP contribution in [-0.4, -0.2) is 96.7 Å². The van der Waals surface area contributed by atoms with Crippen LogP contribution in [-0.2, 0) is 65.4 Å². The van der Waals surface area contributed by atoms with Crippen LogP contribution in [0.5, 0.6) is 0 Å². The molecule has 0 bridgehead atoms. The van der Waals surface area contributed by atoms with Crippen molar-refractivity contribution in [2.24, 2.45) is 11.8 Å². The number of hydrogen-bond acceptors (Lipinski definition) is 15. The molecule has 2 unspecified atom stereocenters. The van der Waals surface area contributed by atoms with Crippen molar-refractivity contribution in [3.05, 3.63) is 0 Å². The summed E-state index contributed by atoms with van der Waals surface area (Å²) in [6.07, 6.45) is 55.7. The van der Waals surface area contributed by atoms with Crippen molar-refractivity contribution in [3.8, 4) is 0 Å². The van der Waals surface area contributed by atoms with E-state index in [0.717, 1.165) is 115 Å². The fourth-order valence-electron chi connectivity index (χ4n) is 11.7. The van der Waals surface area contributed by atoms with Gasteiger partial charge in [-0.15, -0.1) is 0 Å². The number of aliphatic hydroxyl groups excluding tert-OH is 1. The highest BCUT2D eigenvalue weighted by molar-refractivity contribution is 7.47. The van der Waals surface area contributed by atoms with Crippen LogP contribution < -0.4 is 0 Å². The van der Waals surface area contributed by atoms with Gasteiger partial charge in [0, 0.05) is 25.7 Å². The van der Waals surface area contributed by atoms with Crippen molar-refractivity contribution >= 4 is 39.5 Å². The molecule has 0 saturated carbocycles. The lowest BCUT2D eigenvalue weighted by Crippen LogP contribution is -2.30. The molecule has 17 nitrogen and oxygen atoms in total. The molecule has 0 aromatic carbocycles. The highest BCUT2D eigenvalue weighted by Crippen LogP contribution is 2.45. The molecule has 0 spiro atoms. The smallest absolute Gasteiger partial charge is 0.462 e. The van der Waals surface area contributed by atoms with E-state index in [1.165, 1.54) is 199 Å². The first-order chi connectivity index (χ1) is 45.9. The van der Waals surface area contributed by atoms with E-state index in [-0.39, 0.29) is 25.7 Å². The quantitative estimate of drug-likeness (QED) is 0.0222. The Morgan fingerprint density at radius 2 is 0.484 bits per heavy atom. The zero-order valence-electron chi connectivity index (χ0n) is 62.0. The van der Waals surface area contributed by atoms with Gasteiger partial charge in [-0.05, 0) is 37.5 Å². The molecule has 0 aromatic heterocycles. The topological polar surface area (TPSA) is 237 Å². The summed E-state index contributed by atoms with van der Waals surface area (Å²) in [5, 5.41) is 10.6. The van der Waals surface area contributed by atoms with Gasteiger partial charge in [-0.25, -0.2) is 9.13 Å². The van der Waals surface area contributed by atoms with Crippen LogP contribution in [0.4, 0.5) is 0 Å². The monoisotopic (exact) mass is 1400 g/mol. The van der Waals surface area contributed by atoms with Gasteiger partial charge in [0.1, 0.15) is 19.3 Å². The minimum atomic E-state index is -4.96. The minimum absolute atomic E-state index is 0.106. The number of carbonyl (C=O) groups excluding carboxylic acids is 4. The van der Waals surface area contributed by atoms with Crippen molar-refractivity contribution in [2.45, 2.75) is 413 Å². The third-order valence-corrected chi connectivity index (χ3v) is 19.6. The molecule has 564 valence electrons. The Balaban J connectivity index is 5.16. The normalized spacial score (nSPS) is 14.0. The summed E-state index contributed by atoms with van der Waals surface area (Å²) in [5.41, 5.74) is 0. The van der Waals surface area contributed by atoms with Crippen LogP contribution in [0.15, 0.2) is 0 Å². The first-order valence-electron chi connectivity index (χ1n) is 39.5. The first-order valence-corrected chi connectivity index (χ1v) is 42.5. The molecule has 0 aliphatic rings. The van der Waals surface area contributed by atoms with Crippen molar-refractivity contribution in [1.82, 2.24) is 0 Å². The lowest BCUT2D eigenvalue weighted by atomic mass is 10.0. The van der Waals surface area contributed by atoms with Crippen molar-refractivity contribution in [2.75, 3.05) is 39.6 Å².